The van der Waals surface area contributed by atoms with Gasteiger partial charge in [-0.2, -0.15) is 0 Å². The summed E-state index contributed by atoms with van der Waals surface area (Å²) in [5.41, 5.74) is 2.43. The summed E-state index contributed by atoms with van der Waals surface area (Å²) in [6.45, 7) is 7.03. The van der Waals surface area contributed by atoms with E-state index in [0.717, 1.165) is 37.6 Å². The first-order valence-electron chi connectivity index (χ1n) is 9.54. The van der Waals surface area contributed by atoms with Gasteiger partial charge in [-0.25, -0.2) is 0 Å². The van der Waals surface area contributed by atoms with Crippen molar-refractivity contribution in [3.05, 3.63) is 60.2 Å². The Morgan fingerprint density at radius 3 is 2.56 bits per heavy atom. The number of rotatable bonds is 12. The highest BCUT2D eigenvalue weighted by atomic mass is 16.5. The third kappa shape index (κ3) is 7.61. The molecule has 1 unspecified atom stereocenters. The molecule has 0 heterocycles. The first kappa shape index (κ1) is 19.3. The van der Waals surface area contributed by atoms with Crippen LogP contribution in [0.25, 0.3) is 0 Å². The van der Waals surface area contributed by atoms with Gasteiger partial charge in [0.05, 0.1) is 6.61 Å². The standard InChI is InChI=1S/C22H32N2O/c1-3-4-5-9-17-25-22-14-10-13-21(18-22)24-16-15-23-19(2)20-11-7-6-8-12-20/h6-8,10-14,18-19,23-24H,3-5,9,15-17H2,1-2H3. The summed E-state index contributed by atoms with van der Waals surface area (Å²) in [6, 6.07) is 19.1. The van der Waals surface area contributed by atoms with Crippen molar-refractivity contribution < 1.29 is 4.74 Å². The highest BCUT2D eigenvalue weighted by Gasteiger charge is 2.03. The number of hydrogen-bond acceptors (Lipinski definition) is 3. The van der Waals surface area contributed by atoms with Crippen LogP contribution >= 0.6 is 0 Å². The van der Waals surface area contributed by atoms with Crippen molar-refractivity contribution in [2.75, 3.05) is 25.0 Å². The van der Waals surface area contributed by atoms with Gasteiger partial charge in [0.1, 0.15) is 5.75 Å². The van der Waals surface area contributed by atoms with Crippen LogP contribution in [0.4, 0.5) is 5.69 Å². The maximum atomic E-state index is 5.84. The van der Waals surface area contributed by atoms with Crippen molar-refractivity contribution in [1.82, 2.24) is 5.32 Å². The Bertz CT molecular complexity index is 586. The molecule has 25 heavy (non-hydrogen) atoms. The number of anilines is 1. The lowest BCUT2D eigenvalue weighted by Gasteiger charge is -2.15. The van der Waals surface area contributed by atoms with Crippen LogP contribution < -0.4 is 15.4 Å². The highest BCUT2D eigenvalue weighted by molar-refractivity contribution is 5.48. The molecule has 2 aromatic carbocycles. The average molecular weight is 341 g/mol. The predicted octanol–water partition coefficient (Wildman–Crippen LogP) is 5.41. The van der Waals surface area contributed by atoms with Crippen LogP contribution in [0.2, 0.25) is 0 Å². The van der Waals surface area contributed by atoms with E-state index in [9.17, 15) is 0 Å². The van der Waals surface area contributed by atoms with Gasteiger partial charge in [-0.1, -0.05) is 62.6 Å². The highest BCUT2D eigenvalue weighted by Crippen LogP contribution is 2.17. The van der Waals surface area contributed by atoms with Gasteiger partial charge in [0.2, 0.25) is 0 Å². The Morgan fingerprint density at radius 2 is 1.76 bits per heavy atom. The van der Waals surface area contributed by atoms with E-state index in [1.165, 1.54) is 24.8 Å². The molecule has 0 fully saturated rings. The van der Waals surface area contributed by atoms with E-state index >= 15 is 0 Å². The molecule has 3 heteroatoms. The second-order valence-corrected chi connectivity index (χ2v) is 6.45. The average Bonchev–Trinajstić information content (AvgIpc) is 2.66. The summed E-state index contributed by atoms with van der Waals surface area (Å²) in [5.74, 6) is 0.951. The molecule has 0 aliphatic carbocycles. The molecule has 136 valence electrons. The summed E-state index contributed by atoms with van der Waals surface area (Å²) in [6.07, 6.45) is 4.93. The topological polar surface area (TPSA) is 33.3 Å². The summed E-state index contributed by atoms with van der Waals surface area (Å²) >= 11 is 0. The molecular formula is C22H32N2O. The van der Waals surface area contributed by atoms with Gasteiger partial charge in [-0.05, 0) is 31.0 Å². The van der Waals surface area contributed by atoms with Crippen LogP contribution in [-0.2, 0) is 0 Å². The van der Waals surface area contributed by atoms with Crippen LogP contribution in [0.3, 0.4) is 0 Å². The minimum absolute atomic E-state index is 0.362. The van der Waals surface area contributed by atoms with E-state index in [-0.39, 0.29) is 0 Å². The van der Waals surface area contributed by atoms with Crippen molar-refractivity contribution >= 4 is 5.69 Å². The van der Waals surface area contributed by atoms with E-state index in [2.05, 4.69) is 66.9 Å². The fraction of sp³-hybridized carbons (Fsp3) is 0.455. The Kier molecular flexibility index (Phi) is 8.92. The molecule has 0 aliphatic heterocycles. The largest absolute Gasteiger partial charge is 0.494 e. The van der Waals surface area contributed by atoms with Gasteiger partial charge >= 0.3 is 0 Å². The third-order valence-corrected chi connectivity index (χ3v) is 4.30. The fourth-order valence-corrected chi connectivity index (χ4v) is 2.77. The minimum Gasteiger partial charge on any atom is -0.494 e. The van der Waals surface area contributed by atoms with E-state index < -0.39 is 0 Å². The molecule has 1 atom stereocenters. The van der Waals surface area contributed by atoms with Gasteiger partial charge < -0.3 is 15.4 Å². The molecule has 2 aromatic rings. The predicted molar refractivity (Wildman–Crippen MR) is 107 cm³/mol. The second kappa shape index (κ2) is 11.5. The fourth-order valence-electron chi connectivity index (χ4n) is 2.77. The molecule has 0 bridgehead atoms. The molecule has 0 aliphatic rings. The molecule has 3 nitrogen and oxygen atoms in total. The van der Waals surface area contributed by atoms with Crippen LogP contribution in [0.15, 0.2) is 54.6 Å². The Labute approximate surface area is 152 Å². The first-order valence-corrected chi connectivity index (χ1v) is 9.54. The van der Waals surface area contributed by atoms with Crippen LogP contribution in [0.1, 0.15) is 51.1 Å². The van der Waals surface area contributed by atoms with Crippen molar-refractivity contribution in [2.45, 2.75) is 45.6 Å². The zero-order chi connectivity index (χ0) is 17.7. The molecule has 0 amide bonds. The number of nitrogens with one attached hydrogen (secondary N) is 2. The molecule has 0 aromatic heterocycles. The van der Waals surface area contributed by atoms with E-state index in [1.54, 1.807) is 0 Å². The zero-order valence-electron chi connectivity index (χ0n) is 15.6. The summed E-state index contributed by atoms with van der Waals surface area (Å²) in [7, 11) is 0. The summed E-state index contributed by atoms with van der Waals surface area (Å²) in [5, 5.41) is 7.00. The Hall–Kier alpha value is -2.00. The van der Waals surface area contributed by atoms with Gasteiger partial charge in [-0.3, -0.25) is 0 Å². The lowest BCUT2D eigenvalue weighted by atomic mass is 10.1. The first-order chi connectivity index (χ1) is 12.3. The van der Waals surface area contributed by atoms with Crippen LogP contribution in [0, 0.1) is 0 Å². The smallest absolute Gasteiger partial charge is 0.121 e. The molecule has 0 radical (unpaired) electrons. The molecule has 0 saturated carbocycles. The molecular weight excluding hydrogens is 308 g/mol. The van der Waals surface area contributed by atoms with Gasteiger partial charge in [0.15, 0.2) is 0 Å². The van der Waals surface area contributed by atoms with Gasteiger partial charge in [0.25, 0.3) is 0 Å². The molecule has 0 saturated heterocycles. The summed E-state index contributed by atoms with van der Waals surface area (Å²) < 4.78 is 5.84. The maximum absolute atomic E-state index is 5.84. The maximum Gasteiger partial charge on any atom is 0.121 e. The van der Waals surface area contributed by atoms with Crippen molar-refractivity contribution in [3.8, 4) is 5.75 Å². The molecule has 2 rings (SSSR count). The van der Waals surface area contributed by atoms with E-state index in [4.69, 9.17) is 4.74 Å². The molecule has 2 N–H and O–H groups in total. The number of hydrogen-bond donors (Lipinski definition) is 2. The monoisotopic (exact) mass is 340 g/mol. The number of ether oxygens (including phenoxy) is 1. The SMILES string of the molecule is CCCCCCOc1cccc(NCCNC(C)c2ccccc2)c1. The minimum atomic E-state index is 0.362. The third-order valence-electron chi connectivity index (χ3n) is 4.30. The number of benzene rings is 2. The van der Waals surface area contributed by atoms with E-state index in [0.29, 0.717) is 6.04 Å². The Balaban J connectivity index is 1.66. The van der Waals surface area contributed by atoms with Crippen molar-refractivity contribution in [3.63, 3.8) is 0 Å². The Morgan fingerprint density at radius 1 is 0.920 bits per heavy atom. The zero-order valence-corrected chi connectivity index (χ0v) is 15.6. The lowest BCUT2D eigenvalue weighted by molar-refractivity contribution is 0.305. The summed E-state index contributed by atoms with van der Waals surface area (Å²) in [4.78, 5) is 0. The normalized spacial score (nSPS) is 11.9. The number of unbranched alkanes of at least 4 members (excludes halogenated alkanes) is 3. The van der Waals surface area contributed by atoms with Crippen LogP contribution in [-0.4, -0.2) is 19.7 Å². The molecule has 0 spiro atoms. The van der Waals surface area contributed by atoms with Crippen molar-refractivity contribution in [2.24, 2.45) is 0 Å². The van der Waals surface area contributed by atoms with E-state index in [1.807, 2.05) is 12.1 Å². The van der Waals surface area contributed by atoms with Crippen molar-refractivity contribution in [1.29, 1.82) is 0 Å². The van der Waals surface area contributed by atoms with Crippen LogP contribution in [0.5, 0.6) is 5.75 Å². The second-order valence-electron chi connectivity index (χ2n) is 6.45. The van der Waals surface area contributed by atoms with Gasteiger partial charge in [0, 0.05) is 30.9 Å². The quantitative estimate of drug-likeness (QED) is 0.507. The van der Waals surface area contributed by atoms with Gasteiger partial charge in [-0.15, -0.1) is 0 Å². The lowest BCUT2D eigenvalue weighted by Crippen LogP contribution is -2.25.